The summed E-state index contributed by atoms with van der Waals surface area (Å²) in [6.07, 6.45) is 7.31. The Kier molecular flexibility index (Phi) is 4.16. The largest absolute Gasteiger partial charge is 0.493 e. The van der Waals surface area contributed by atoms with Crippen molar-refractivity contribution in [3.63, 3.8) is 0 Å². The van der Waals surface area contributed by atoms with Gasteiger partial charge in [0.2, 0.25) is 0 Å². The van der Waals surface area contributed by atoms with Gasteiger partial charge in [-0.15, -0.1) is 0 Å². The molecule has 0 radical (unpaired) electrons. The Bertz CT molecular complexity index is 452. The highest BCUT2D eigenvalue weighted by Gasteiger charge is 2.37. The lowest BCUT2D eigenvalue weighted by Crippen LogP contribution is -2.11. The number of ether oxygens (including phenoxy) is 2. The zero-order chi connectivity index (χ0) is 13.9. The van der Waals surface area contributed by atoms with Crippen LogP contribution in [0.25, 0.3) is 0 Å². The third-order valence-corrected chi connectivity index (χ3v) is 4.63. The summed E-state index contributed by atoms with van der Waals surface area (Å²) in [6, 6.07) is 6.32. The van der Waals surface area contributed by atoms with Crippen LogP contribution in [-0.2, 0) is 0 Å². The first kappa shape index (κ1) is 13.7. The number of hydrogen-bond acceptors (Lipinski definition) is 3. The predicted octanol–water partition coefficient (Wildman–Crippen LogP) is 3.50. The molecule has 3 nitrogen and oxygen atoms in total. The first-order chi connectivity index (χ1) is 9.81. The van der Waals surface area contributed by atoms with Crippen LogP contribution in [0.5, 0.6) is 11.5 Å². The molecule has 2 aliphatic carbocycles. The Morgan fingerprint density at radius 2 is 2.00 bits per heavy atom. The van der Waals surface area contributed by atoms with Crippen molar-refractivity contribution < 1.29 is 14.6 Å². The SMILES string of the molecule is COc1ccc(C2CC2CCO)cc1OC1CCCC1. The lowest BCUT2D eigenvalue weighted by atomic mass is 10.1. The maximum atomic E-state index is 9.02. The van der Waals surface area contributed by atoms with E-state index in [1.807, 2.05) is 6.07 Å². The molecule has 2 aliphatic rings. The zero-order valence-electron chi connectivity index (χ0n) is 12.2. The molecule has 0 spiro atoms. The quantitative estimate of drug-likeness (QED) is 0.864. The summed E-state index contributed by atoms with van der Waals surface area (Å²) in [5, 5.41) is 9.02. The number of aliphatic hydroxyl groups excluding tert-OH is 1. The molecular formula is C17H24O3. The van der Waals surface area contributed by atoms with Gasteiger partial charge in [0.15, 0.2) is 11.5 Å². The number of hydrogen-bond donors (Lipinski definition) is 1. The molecule has 20 heavy (non-hydrogen) atoms. The van der Waals surface area contributed by atoms with Gasteiger partial charge in [-0.3, -0.25) is 0 Å². The van der Waals surface area contributed by atoms with Gasteiger partial charge in [-0.2, -0.15) is 0 Å². The lowest BCUT2D eigenvalue weighted by molar-refractivity contribution is 0.200. The average Bonchev–Trinajstić information content (AvgIpc) is 3.04. The summed E-state index contributed by atoms with van der Waals surface area (Å²) >= 11 is 0. The van der Waals surface area contributed by atoms with E-state index in [1.165, 1.54) is 24.8 Å². The molecule has 0 saturated heterocycles. The standard InChI is InChI=1S/C17H24O3/c1-19-16-7-6-12(15-10-13(15)8-9-18)11-17(16)20-14-4-2-3-5-14/h6-7,11,13-15,18H,2-5,8-10H2,1H3. The van der Waals surface area contributed by atoms with Crippen LogP contribution in [0.4, 0.5) is 0 Å². The van der Waals surface area contributed by atoms with Crippen molar-refractivity contribution in [2.75, 3.05) is 13.7 Å². The van der Waals surface area contributed by atoms with E-state index in [1.54, 1.807) is 7.11 Å². The third-order valence-electron chi connectivity index (χ3n) is 4.63. The predicted molar refractivity (Wildman–Crippen MR) is 78.4 cm³/mol. The van der Waals surface area contributed by atoms with E-state index in [0.29, 0.717) is 24.5 Å². The molecule has 0 aromatic heterocycles. The summed E-state index contributed by atoms with van der Waals surface area (Å²) < 4.78 is 11.6. The third kappa shape index (κ3) is 2.93. The van der Waals surface area contributed by atoms with E-state index < -0.39 is 0 Å². The smallest absolute Gasteiger partial charge is 0.161 e. The van der Waals surface area contributed by atoms with E-state index in [9.17, 15) is 0 Å². The van der Waals surface area contributed by atoms with Crippen molar-refractivity contribution in [2.45, 2.75) is 50.5 Å². The van der Waals surface area contributed by atoms with Crippen LogP contribution >= 0.6 is 0 Å². The lowest BCUT2D eigenvalue weighted by Gasteiger charge is -2.17. The molecular weight excluding hydrogens is 252 g/mol. The number of aliphatic hydroxyl groups is 1. The van der Waals surface area contributed by atoms with E-state index in [4.69, 9.17) is 14.6 Å². The molecule has 3 rings (SSSR count). The zero-order valence-corrected chi connectivity index (χ0v) is 12.2. The molecule has 3 heteroatoms. The summed E-state index contributed by atoms with van der Waals surface area (Å²) in [5.74, 6) is 2.97. The van der Waals surface area contributed by atoms with Crippen molar-refractivity contribution in [3.8, 4) is 11.5 Å². The highest BCUT2D eigenvalue weighted by Crippen LogP contribution is 2.50. The summed E-state index contributed by atoms with van der Waals surface area (Å²) in [4.78, 5) is 0. The summed E-state index contributed by atoms with van der Waals surface area (Å²) in [7, 11) is 1.70. The Balaban J connectivity index is 1.73. The minimum atomic E-state index is 0.294. The fourth-order valence-electron chi connectivity index (χ4n) is 3.34. The molecule has 0 aliphatic heterocycles. The summed E-state index contributed by atoms with van der Waals surface area (Å²) in [6.45, 7) is 0.294. The topological polar surface area (TPSA) is 38.7 Å². The number of methoxy groups -OCH3 is 1. The van der Waals surface area contributed by atoms with Crippen molar-refractivity contribution in [1.82, 2.24) is 0 Å². The molecule has 110 valence electrons. The van der Waals surface area contributed by atoms with E-state index in [-0.39, 0.29) is 0 Å². The fraction of sp³-hybridized carbons (Fsp3) is 0.647. The Morgan fingerprint density at radius 3 is 2.70 bits per heavy atom. The second-order valence-electron chi connectivity index (χ2n) is 6.05. The molecule has 2 unspecified atom stereocenters. The Hall–Kier alpha value is -1.22. The van der Waals surface area contributed by atoms with Crippen LogP contribution in [0.2, 0.25) is 0 Å². The van der Waals surface area contributed by atoms with Gasteiger partial charge < -0.3 is 14.6 Å². The highest BCUT2D eigenvalue weighted by atomic mass is 16.5. The maximum Gasteiger partial charge on any atom is 0.161 e. The van der Waals surface area contributed by atoms with Gasteiger partial charge in [-0.05, 0) is 68.1 Å². The van der Waals surface area contributed by atoms with Crippen molar-refractivity contribution in [1.29, 1.82) is 0 Å². The van der Waals surface area contributed by atoms with E-state index >= 15 is 0 Å². The number of benzene rings is 1. The van der Waals surface area contributed by atoms with Gasteiger partial charge in [0.25, 0.3) is 0 Å². The van der Waals surface area contributed by atoms with Crippen molar-refractivity contribution in [3.05, 3.63) is 23.8 Å². The molecule has 2 saturated carbocycles. The minimum absolute atomic E-state index is 0.294. The first-order valence-corrected chi connectivity index (χ1v) is 7.77. The normalized spacial score (nSPS) is 25.7. The maximum absolute atomic E-state index is 9.02. The van der Waals surface area contributed by atoms with Gasteiger partial charge in [0.1, 0.15) is 0 Å². The Morgan fingerprint density at radius 1 is 1.20 bits per heavy atom. The molecule has 2 fully saturated rings. The summed E-state index contributed by atoms with van der Waals surface area (Å²) in [5.41, 5.74) is 1.33. The van der Waals surface area contributed by atoms with Crippen LogP contribution < -0.4 is 9.47 Å². The van der Waals surface area contributed by atoms with E-state index in [0.717, 1.165) is 30.8 Å². The van der Waals surface area contributed by atoms with Crippen LogP contribution in [0.3, 0.4) is 0 Å². The van der Waals surface area contributed by atoms with Gasteiger partial charge in [-0.1, -0.05) is 6.07 Å². The van der Waals surface area contributed by atoms with Crippen LogP contribution in [0.1, 0.15) is 50.0 Å². The second-order valence-corrected chi connectivity index (χ2v) is 6.05. The van der Waals surface area contributed by atoms with Crippen LogP contribution in [0.15, 0.2) is 18.2 Å². The second kappa shape index (κ2) is 6.04. The van der Waals surface area contributed by atoms with Crippen molar-refractivity contribution >= 4 is 0 Å². The Labute approximate surface area is 120 Å². The molecule has 0 amide bonds. The minimum Gasteiger partial charge on any atom is -0.493 e. The molecule has 2 atom stereocenters. The monoisotopic (exact) mass is 276 g/mol. The molecule has 1 aromatic rings. The molecule has 1 N–H and O–H groups in total. The van der Waals surface area contributed by atoms with Crippen LogP contribution in [0, 0.1) is 5.92 Å². The molecule has 0 heterocycles. The number of rotatable bonds is 6. The highest BCUT2D eigenvalue weighted by molar-refractivity contribution is 5.45. The molecule has 1 aromatic carbocycles. The van der Waals surface area contributed by atoms with Crippen molar-refractivity contribution in [2.24, 2.45) is 5.92 Å². The average molecular weight is 276 g/mol. The van der Waals surface area contributed by atoms with Crippen LogP contribution in [-0.4, -0.2) is 24.9 Å². The van der Waals surface area contributed by atoms with Gasteiger partial charge >= 0.3 is 0 Å². The molecule has 0 bridgehead atoms. The first-order valence-electron chi connectivity index (χ1n) is 7.77. The van der Waals surface area contributed by atoms with E-state index in [2.05, 4.69) is 12.1 Å². The fourth-order valence-corrected chi connectivity index (χ4v) is 3.34. The van der Waals surface area contributed by atoms with Gasteiger partial charge in [0, 0.05) is 6.61 Å². The van der Waals surface area contributed by atoms with Gasteiger partial charge in [0.05, 0.1) is 13.2 Å². The van der Waals surface area contributed by atoms with Gasteiger partial charge in [-0.25, -0.2) is 0 Å².